The van der Waals surface area contributed by atoms with E-state index < -0.39 is 5.54 Å². The number of aryl methyl sites for hydroxylation is 1. The minimum Gasteiger partial charge on any atom is -0.448 e. The third kappa shape index (κ3) is 2.81. The summed E-state index contributed by atoms with van der Waals surface area (Å²) < 4.78 is 11.4. The Balaban J connectivity index is 1.92. The molecule has 1 aromatic rings. The predicted molar refractivity (Wildman–Crippen MR) is 86.5 cm³/mol. The van der Waals surface area contributed by atoms with Crippen LogP contribution in [-0.2, 0) is 9.53 Å². The number of rotatable bonds is 3. The normalized spacial score (nSPS) is 28.5. The van der Waals surface area contributed by atoms with Gasteiger partial charge < -0.3 is 19.4 Å². The number of carbonyl (C=O) groups excluding carboxylic acids is 2. The third-order valence-electron chi connectivity index (χ3n) is 5.05. The van der Waals surface area contributed by atoms with E-state index in [2.05, 4.69) is 10.3 Å². The number of likely N-dealkylation sites (tertiary alicyclic amines) is 1. The molecule has 2 fully saturated rings. The Morgan fingerprint density at radius 2 is 2.21 bits per heavy atom. The summed E-state index contributed by atoms with van der Waals surface area (Å²) in [4.78, 5) is 31.0. The van der Waals surface area contributed by atoms with E-state index in [0.29, 0.717) is 24.6 Å². The first kappa shape index (κ1) is 17.0. The number of hydrogen-bond donors (Lipinski definition) is 1. The van der Waals surface area contributed by atoms with Crippen molar-refractivity contribution < 1.29 is 18.7 Å². The van der Waals surface area contributed by atoms with E-state index in [4.69, 9.17) is 9.15 Å². The van der Waals surface area contributed by atoms with Crippen LogP contribution < -0.4 is 5.32 Å². The molecule has 0 saturated carbocycles. The van der Waals surface area contributed by atoms with E-state index in [9.17, 15) is 9.59 Å². The molecule has 7 nitrogen and oxygen atoms in total. The van der Waals surface area contributed by atoms with Crippen LogP contribution in [0.15, 0.2) is 10.7 Å². The number of nitrogens with one attached hydrogen (secondary N) is 1. The molecule has 1 N–H and O–H groups in total. The van der Waals surface area contributed by atoms with Gasteiger partial charge in [0.15, 0.2) is 11.6 Å². The molecule has 0 aromatic carbocycles. The van der Waals surface area contributed by atoms with Gasteiger partial charge in [0.05, 0.1) is 23.7 Å². The van der Waals surface area contributed by atoms with Crippen molar-refractivity contribution in [3.8, 4) is 0 Å². The van der Waals surface area contributed by atoms with Crippen molar-refractivity contribution in [3.63, 3.8) is 0 Å². The van der Waals surface area contributed by atoms with Crippen molar-refractivity contribution in [3.05, 3.63) is 17.8 Å². The average molecular weight is 335 g/mol. The van der Waals surface area contributed by atoms with Crippen molar-refractivity contribution in [1.29, 1.82) is 0 Å². The summed E-state index contributed by atoms with van der Waals surface area (Å²) in [5, 5.41) is 2.65. The highest BCUT2D eigenvalue weighted by Gasteiger charge is 2.58. The molecule has 0 unspecified atom stereocenters. The lowest BCUT2D eigenvalue weighted by Crippen LogP contribution is -2.53. The largest absolute Gasteiger partial charge is 0.448 e. The van der Waals surface area contributed by atoms with E-state index >= 15 is 0 Å². The third-order valence-corrected chi connectivity index (χ3v) is 5.05. The van der Waals surface area contributed by atoms with Gasteiger partial charge in [0.2, 0.25) is 5.91 Å². The van der Waals surface area contributed by atoms with Crippen LogP contribution in [0, 0.1) is 6.92 Å². The highest BCUT2D eigenvalue weighted by atomic mass is 16.5. The molecule has 1 aromatic heterocycles. The number of hydrogen-bond acceptors (Lipinski definition) is 5. The van der Waals surface area contributed by atoms with Gasteiger partial charge in [-0.3, -0.25) is 9.59 Å². The second-order valence-electron chi connectivity index (χ2n) is 7.34. The fourth-order valence-corrected chi connectivity index (χ4v) is 4.21. The van der Waals surface area contributed by atoms with Crippen LogP contribution >= 0.6 is 0 Å². The molecule has 3 heterocycles. The van der Waals surface area contributed by atoms with E-state index in [-0.39, 0.29) is 29.9 Å². The van der Waals surface area contributed by atoms with Gasteiger partial charge in [0.1, 0.15) is 6.26 Å². The van der Waals surface area contributed by atoms with Crippen LogP contribution in [0.2, 0.25) is 0 Å². The van der Waals surface area contributed by atoms with E-state index in [1.54, 1.807) is 14.0 Å². The minimum absolute atomic E-state index is 0.0753. The van der Waals surface area contributed by atoms with Crippen molar-refractivity contribution >= 4 is 11.8 Å². The summed E-state index contributed by atoms with van der Waals surface area (Å²) in [5.41, 5.74) is -0.515. The Morgan fingerprint density at radius 1 is 1.46 bits per heavy atom. The average Bonchev–Trinajstić information content (AvgIpc) is 3.17. The Bertz CT molecular complexity index is 654. The minimum atomic E-state index is -0.458. The van der Waals surface area contributed by atoms with Crippen LogP contribution in [0.1, 0.15) is 55.9 Å². The number of nitrogens with zero attached hydrogens (tertiary/aromatic N) is 2. The van der Waals surface area contributed by atoms with Crippen molar-refractivity contribution in [2.75, 3.05) is 13.6 Å². The SMILES string of the molecule is CNC(=O)C[C@@H]1OC(C)(C)C[C@]12CCCN2C(=O)c1coc(C)n1. The van der Waals surface area contributed by atoms with E-state index in [1.165, 1.54) is 6.26 Å². The Morgan fingerprint density at radius 3 is 2.83 bits per heavy atom. The summed E-state index contributed by atoms with van der Waals surface area (Å²) in [6, 6.07) is 0. The number of carbonyl (C=O) groups is 2. The predicted octanol–water partition coefficient (Wildman–Crippen LogP) is 1.66. The summed E-state index contributed by atoms with van der Waals surface area (Å²) in [6.07, 6.45) is 3.78. The fraction of sp³-hybridized carbons (Fsp3) is 0.706. The van der Waals surface area contributed by atoms with Crippen LogP contribution in [-0.4, -0.2) is 52.5 Å². The topological polar surface area (TPSA) is 84.7 Å². The van der Waals surface area contributed by atoms with Gasteiger partial charge in [-0.25, -0.2) is 4.98 Å². The van der Waals surface area contributed by atoms with Gasteiger partial charge in [0, 0.05) is 26.9 Å². The maximum absolute atomic E-state index is 13.0. The molecule has 2 aliphatic rings. The summed E-state index contributed by atoms with van der Waals surface area (Å²) in [6.45, 7) is 6.39. The van der Waals surface area contributed by atoms with Crippen LogP contribution in [0.25, 0.3) is 0 Å². The summed E-state index contributed by atoms with van der Waals surface area (Å²) >= 11 is 0. The second-order valence-corrected chi connectivity index (χ2v) is 7.34. The first-order chi connectivity index (χ1) is 11.3. The van der Waals surface area contributed by atoms with Gasteiger partial charge in [-0.05, 0) is 26.7 Å². The molecule has 7 heteroatoms. The summed E-state index contributed by atoms with van der Waals surface area (Å²) in [7, 11) is 1.62. The molecule has 132 valence electrons. The fourth-order valence-electron chi connectivity index (χ4n) is 4.21. The van der Waals surface area contributed by atoms with Gasteiger partial charge in [-0.2, -0.15) is 0 Å². The Labute approximate surface area is 141 Å². The first-order valence-corrected chi connectivity index (χ1v) is 8.40. The molecule has 2 amide bonds. The molecule has 2 aliphatic heterocycles. The zero-order valence-corrected chi connectivity index (χ0v) is 14.7. The van der Waals surface area contributed by atoms with Crippen molar-refractivity contribution in [1.82, 2.24) is 15.2 Å². The number of ether oxygens (including phenoxy) is 1. The van der Waals surface area contributed by atoms with Crippen molar-refractivity contribution in [2.45, 2.75) is 63.7 Å². The molecule has 0 radical (unpaired) electrons. The molecule has 1 spiro atoms. The highest BCUT2D eigenvalue weighted by Crippen LogP contribution is 2.49. The van der Waals surface area contributed by atoms with Gasteiger partial charge in [0.25, 0.3) is 5.91 Å². The lowest BCUT2D eigenvalue weighted by atomic mass is 9.82. The Kier molecular flexibility index (Phi) is 4.15. The second kappa shape index (κ2) is 5.88. The molecular formula is C17H25N3O4. The maximum atomic E-state index is 13.0. The van der Waals surface area contributed by atoms with Gasteiger partial charge >= 0.3 is 0 Å². The van der Waals surface area contributed by atoms with E-state index in [1.807, 2.05) is 18.7 Å². The molecule has 0 aliphatic carbocycles. The lowest BCUT2D eigenvalue weighted by Gasteiger charge is -2.38. The quantitative estimate of drug-likeness (QED) is 0.908. The number of oxazole rings is 1. The molecule has 3 rings (SSSR count). The van der Waals surface area contributed by atoms with Crippen LogP contribution in [0.3, 0.4) is 0 Å². The summed E-state index contributed by atoms with van der Waals surface area (Å²) in [5.74, 6) is 0.248. The zero-order chi connectivity index (χ0) is 17.5. The van der Waals surface area contributed by atoms with Gasteiger partial charge in [-0.15, -0.1) is 0 Å². The van der Waals surface area contributed by atoms with Gasteiger partial charge in [-0.1, -0.05) is 0 Å². The smallest absolute Gasteiger partial charge is 0.276 e. The standard InChI is InChI=1S/C17H25N3O4/c1-11-19-12(9-23-11)15(22)20-7-5-6-17(20)10-16(2,3)24-13(17)8-14(21)18-4/h9,13H,5-8,10H2,1-4H3,(H,18,21)/t13-,17+/m0/s1. The maximum Gasteiger partial charge on any atom is 0.276 e. The zero-order valence-electron chi connectivity index (χ0n) is 14.7. The molecule has 24 heavy (non-hydrogen) atoms. The molecule has 2 saturated heterocycles. The van der Waals surface area contributed by atoms with E-state index in [0.717, 1.165) is 12.8 Å². The lowest BCUT2D eigenvalue weighted by molar-refractivity contribution is -0.126. The highest BCUT2D eigenvalue weighted by molar-refractivity contribution is 5.93. The van der Waals surface area contributed by atoms with Crippen LogP contribution in [0.5, 0.6) is 0 Å². The monoisotopic (exact) mass is 335 g/mol. The number of aromatic nitrogens is 1. The van der Waals surface area contributed by atoms with Crippen molar-refractivity contribution in [2.24, 2.45) is 0 Å². The molecular weight excluding hydrogens is 310 g/mol. The Hall–Kier alpha value is -1.89. The number of amides is 2. The first-order valence-electron chi connectivity index (χ1n) is 8.40. The molecule has 2 atom stereocenters. The molecule has 0 bridgehead atoms. The van der Waals surface area contributed by atoms with Crippen LogP contribution in [0.4, 0.5) is 0 Å².